The van der Waals surface area contributed by atoms with Crippen LogP contribution in [-0.4, -0.2) is 67.6 Å². The molecule has 0 aliphatic carbocycles. The number of nitrogens with one attached hydrogen (secondary N) is 2. The monoisotopic (exact) mass is 482 g/mol. The summed E-state index contributed by atoms with van der Waals surface area (Å²) in [6, 6.07) is 15.2. The number of aliphatic hydroxyl groups is 1. The number of epoxide rings is 1. The highest BCUT2D eigenvalue weighted by Gasteiger charge is 2.50. The molecule has 35 heavy (non-hydrogen) atoms. The molecule has 3 N–H and O–H groups in total. The first-order valence-electron chi connectivity index (χ1n) is 11.8. The summed E-state index contributed by atoms with van der Waals surface area (Å²) in [5, 5.41) is 15.2. The average molecular weight is 483 g/mol. The third kappa shape index (κ3) is 7.21. The number of ketones is 2. The lowest BCUT2D eigenvalue weighted by Crippen LogP contribution is -2.50. The molecule has 2 aromatic rings. The second-order valence-corrected chi connectivity index (χ2v) is 9.08. The van der Waals surface area contributed by atoms with Crippen molar-refractivity contribution in [1.29, 1.82) is 0 Å². The molecule has 1 saturated heterocycles. The first kappa shape index (κ1) is 26.5. The summed E-state index contributed by atoms with van der Waals surface area (Å²) in [5.74, 6) is -0.884. The number of rotatable bonds is 14. The SMILES string of the molecule is CNC(CO)C(=O)CC(Cc1ccc(OC)cc1)C(=O)NC(Cc1ccccc1)C(=O)C1(C)CO1. The predicted molar refractivity (Wildman–Crippen MR) is 131 cm³/mol. The molecular weight excluding hydrogens is 448 g/mol. The van der Waals surface area contributed by atoms with Crippen molar-refractivity contribution in [2.75, 3.05) is 27.4 Å². The van der Waals surface area contributed by atoms with Crippen molar-refractivity contribution in [2.24, 2.45) is 5.92 Å². The molecule has 1 amide bonds. The van der Waals surface area contributed by atoms with Crippen LogP contribution in [0.5, 0.6) is 5.75 Å². The molecule has 1 aliphatic rings. The number of hydrogen-bond donors (Lipinski definition) is 3. The zero-order chi connectivity index (χ0) is 25.4. The standard InChI is InChI=1S/C27H34N2O6/c1-27(17-35-27)25(32)22(14-18-7-5-4-6-8-18)29-26(33)20(15-24(31)23(16-30)28-2)13-19-9-11-21(34-3)12-10-19/h4-12,20,22-23,28,30H,13-17H2,1-3H3,(H,29,33). The summed E-state index contributed by atoms with van der Waals surface area (Å²) in [6.07, 6.45) is 0.538. The van der Waals surface area contributed by atoms with Crippen LogP contribution in [0, 0.1) is 5.92 Å². The van der Waals surface area contributed by atoms with Crippen molar-refractivity contribution in [3.8, 4) is 5.75 Å². The number of likely N-dealkylation sites (N-methyl/N-ethyl adjacent to an activating group) is 1. The summed E-state index contributed by atoms with van der Waals surface area (Å²) in [4.78, 5) is 39.5. The van der Waals surface area contributed by atoms with E-state index in [1.165, 1.54) is 0 Å². The minimum absolute atomic E-state index is 0.0794. The zero-order valence-corrected chi connectivity index (χ0v) is 20.5. The lowest BCUT2D eigenvalue weighted by atomic mass is 9.89. The number of benzene rings is 2. The fraction of sp³-hybridized carbons (Fsp3) is 0.444. The Kier molecular flexibility index (Phi) is 9.14. The van der Waals surface area contributed by atoms with Crippen LogP contribution in [0.25, 0.3) is 0 Å². The van der Waals surface area contributed by atoms with Gasteiger partial charge in [0.25, 0.3) is 0 Å². The Hall–Kier alpha value is -3.07. The van der Waals surface area contributed by atoms with Crippen LogP contribution in [0.4, 0.5) is 0 Å². The Morgan fingerprint density at radius 3 is 2.20 bits per heavy atom. The van der Waals surface area contributed by atoms with E-state index < -0.39 is 23.6 Å². The van der Waals surface area contributed by atoms with E-state index in [2.05, 4.69) is 10.6 Å². The highest BCUT2D eigenvalue weighted by atomic mass is 16.6. The molecule has 8 nitrogen and oxygen atoms in total. The molecular formula is C27H34N2O6. The fourth-order valence-corrected chi connectivity index (χ4v) is 4.01. The molecule has 0 bridgehead atoms. The number of Topliss-reactive ketones (excluding diaryl/α,β-unsaturated/α-hetero) is 2. The molecule has 0 saturated carbocycles. The van der Waals surface area contributed by atoms with Crippen LogP contribution in [0.2, 0.25) is 0 Å². The highest BCUT2D eigenvalue weighted by Crippen LogP contribution is 2.29. The van der Waals surface area contributed by atoms with Crippen LogP contribution in [0.1, 0.15) is 24.5 Å². The molecule has 8 heteroatoms. The van der Waals surface area contributed by atoms with Crippen LogP contribution in [-0.2, 0) is 32.0 Å². The first-order chi connectivity index (χ1) is 16.8. The quantitative estimate of drug-likeness (QED) is 0.349. The Bertz CT molecular complexity index is 1000. The van der Waals surface area contributed by atoms with Gasteiger partial charge in [0.2, 0.25) is 5.91 Å². The molecule has 4 unspecified atom stereocenters. The van der Waals surface area contributed by atoms with Gasteiger partial charge in [-0.2, -0.15) is 0 Å². The Labute approximate surface area is 206 Å². The van der Waals surface area contributed by atoms with Crippen molar-refractivity contribution >= 4 is 17.5 Å². The normalized spacial score (nSPS) is 19.3. The average Bonchev–Trinajstić information content (AvgIpc) is 3.63. The predicted octanol–water partition coefficient (Wildman–Crippen LogP) is 1.48. The highest BCUT2D eigenvalue weighted by molar-refractivity contribution is 5.98. The van der Waals surface area contributed by atoms with E-state index >= 15 is 0 Å². The maximum atomic E-state index is 13.5. The number of ether oxygens (including phenoxy) is 2. The van der Waals surface area contributed by atoms with E-state index in [0.29, 0.717) is 25.2 Å². The number of methoxy groups -OCH3 is 1. The van der Waals surface area contributed by atoms with Crippen LogP contribution in [0.3, 0.4) is 0 Å². The maximum Gasteiger partial charge on any atom is 0.224 e. The first-order valence-corrected chi connectivity index (χ1v) is 11.8. The van der Waals surface area contributed by atoms with Crippen molar-refractivity contribution in [3.05, 3.63) is 65.7 Å². The summed E-state index contributed by atoms with van der Waals surface area (Å²) in [6.45, 7) is 1.68. The van der Waals surface area contributed by atoms with E-state index in [1.54, 1.807) is 33.2 Å². The van der Waals surface area contributed by atoms with Gasteiger partial charge >= 0.3 is 0 Å². The molecule has 188 valence electrons. The number of amides is 1. The second-order valence-electron chi connectivity index (χ2n) is 9.08. The molecule has 2 aromatic carbocycles. The van der Waals surface area contributed by atoms with Gasteiger partial charge < -0.3 is 25.2 Å². The molecule has 1 aliphatic heterocycles. The summed E-state index contributed by atoms with van der Waals surface area (Å²) in [5.41, 5.74) is 0.864. The number of carbonyl (C=O) groups is 3. The van der Waals surface area contributed by atoms with Crippen molar-refractivity contribution < 1.29 is 29.0 Å². The van der Waals surface area contributed by atoms with Gasteiger partial charge in [-0.05, 0) is 50.1 Å². The van der Waals surface area contributed by atoms with E-state index in [4.69, 9.17) is 9.47 Å². The van der Waals surface area contributed by atoms with Gasteiger partial charge in [-0.3, -0.25) is 14.4 Å². The van der Waals surface area contributed by atoms with Gasteiger partial charge in [0.1, 0.15) is 11.4 Å². The molecule has 1 fully saturated rings. The topological polar surface area (TPSA) is 117 Å². The number of aliphatic hydroxyl groups excluding tert-OH is 1. The molecule has 1 heterocycles. The van der Waals surface area contributed by atoms with Crippen LogP contribution in [0.15, 0.2) is 54.6 Å². The Morgan fingerprint density at radius 1 is 1.03 bits per heavy atom. The second kappa shape index (κ2) is 12.1. The summed E-state index contributed by atoms with van der Waals surface area (Å²) >= 11 is 0. The third-order valence-electron chi connectivity index (χ3n) is 6.39. The van der Waals surface area contributed by atoms with Gasteiger partial charge in [0.05, 0.1) is 32.4 Å². The molecule has 0 radical (unpaired) electrons. The van der Waals surface area contributed by atoms with Crippen LogP contribution < -0.4 is 15.4 Å². The van der Waals surface area contributed by atoms with E-state index in [9.17, 15) is 19.5 Å². The number of carbonyl (C=O) groups excluding carboxylic acids is 3. The van der Waals surface area contributed by atoms with Gasteiger partial charge in [-0.1, -0.05) is 42.5 Å². The largest absolute Gasteiger partial charge is 0.497 e. The zero-order valence-electron chi connectivity index (χ0n) is 20.5. The van der Waals surface area contributed by atoms with Gasteiger partial charge in [-0.25, -0.2) is 0 Å². The summed E-state index contributed by atoms with van der Waals surface area (Å²) < 4.78 is 10.6. The minimum atomic E-state index is -0.901. The molecule has 3 rings (SSSR count). The third-order valence-corrected chi connectivity index (χ3v) is 6.39. The number of hydrogen-bond acceptors (Lipinski definition) is 7. The van der Waals surface area contributed by atoms with E-state index in [1.807, 2.05) is 42.5 Å². The van der Waals surface area contributed by atoms with Gasteiger partial charge in [-0.15, -0.1) is 0 Å². The molecule has 0 spiro atoms. The van der Waals surface area contributed by atoms with E-state index in [0.717, 1.165) is 11.1 Å². The van der Waals surface area contributed by atoms with Gasteiger partial charge in [0, 0.05) is 12.3 Å². The smallest absolute Gasteiger partial charge is 0.224 e. The Balaban J connectivity index is 1.81. The molecule has 4 atom stereocenters. The van der Waals surface area contributed by atoms with E-state index in [-0.39, 0.29) is 30.5 Å². The lowest BCUT2D eigenvalue weighted by molar-refractivity contribution is -0.134. The Morgan fingerprint density at radius 2 is 1.66 bits per heavy atom. The molecule has 0 aromatic heterocycles. The van der Waals surface area contributed by atoms with Crippen molar-refractivity contribution in [2.45, 2.75) is 43.9 Å². The van der Waals surface area contributed by atoms with Crippen molar-refractivity contribution in [3.63, 3.8) is 0 Å². The fourth-order valence-electron chi connectivity index (χ4n) is 4.01. The van der Waals surface area contributed by atoms with Crippen LogP contribution >= 0.6 is 0 Å². The van der Waals surface area contributed by atoms with Gasteiger partial charge in [0.15, 0.2) is 11.6 Å². The maximum absolute atomic E-state index is 13.5. The minimum Gasteiger partial charge on any atom is -0.497 e. The summed E-state index contributed by atoms with van der Waals surface area (Å²) in [7, 11) is 3.16. The van der Waals surface area contributed by atoms with Crippen molar-refractivity contribution in [1.82, 2.24) is 10.6 Å². The lowest BCUT2D eigenvalue weighted by Gasteiger charge is -2.24.